The van der Waals surface area contributed by atoms with Crippen molar-refractivity contribution in [3.8, 4) is 0 Å². The molecule has 0 saturated carbocycles. The van der Waals surface area contributed by atoms with Gasteiger partial charge in [-0.25, -0.2) is 8.78 Å². The molecule has 2 nitrogen and oxygen atoms in total. The first kappa shape index (κ1) is 11.7. The molecule has 6 heteroatoms. The highest BCUT2D eigenvalue weighted by molar-refractivity contribution is 9.10. The molecule has 0 fully saturated rings. The maximum absolute atomic E-state index is 12.4. The SMILES string of the molecule is O=Cc1c(C(F)F)ncc(Br)c1CBr. The van der Waals surface area contributed by atoms with Gasteiger partial charge in [-0.1, -0.05) is 15.9 Å². The molecule has 0 aromatic carbocycles. The van der Waals surface area contributed by atoms with Gasteiger partial charge >= 0.3 is 0 Å². The molecule has 0 aliphatic carbocycles. The second kappa shape index (κ2) is 4.93. The molecule has 0 aliphatic heterocycles. The molecule has 0 unspecified atom stereocenters. The Morgan fingerprint density at radius 1 is 1.57 bits per heavy atom. The standard InChI is InChI=1S/C8H5Br2F2NO/c9-1-4-5(3-14)7(8(11)12)13-2-6(4)10/h2-3,8H,1H2. The summed E-state index contributed by atoms with van der Waals surface area (Å²) in [6.45, 7) is 0. The van der Waals surface area contributed by atoms with Gasteiger partial charge in [0.15, 0.2) is 6.29 Å². The summed E-state index contributed by atoms with van der Waals surface area (Å²) in [5.41, 5.74) is -0.0331. The van der Waals surface area contributed by atoms with Gasteiger partial charge in [-0.15, -0.1) is 0 Å². The summed E-state index contributed by atoms with van der Waals surface area (Å²) >= 11 is 6.26. The third kappa shape index (κ3) is 2.17. The smallest absolute Gasteiger partial charge is 0.281 e. The highest BCUT2D eigenvalue weighted by Crippen LogP contribution is 2.28. The van der Waals surface area contributed by atoms with Gasteiger partial charge in [-0.3, -0.25) is 9.78 Å². The predicted molar refractivity (Wildman–Crippen MR) is 54.9 cm³/mol. The van der Waals surface area contributed by atoms with E-state index >= 15 is 0 Å². The van der Waals surface area contributed by atoms with Gasteiger partial charge in [0.05, 0.1) is 0 Å². The highest BCUT2D eigenvalue weighted by Gasteiger charge is 2.18. The van der Waals surface area contributed by atoms with Crippen LogP contribution in [-0.2, 0) is 5.33 Å². The van der Waals surface area contributed by atoms with E-state index in [4.69, 9.17) is 0 Å². The molecule has 0 aliphatic rings. The first-order chi connectivity index (χ1) is 6.61. The molecule has 0 N–H and O–H groups in total. The second-order valence-corrected chi connectivity index (χ2v) is 3.85. The highest BCUT2D eigenvalue weighted by atomic mass is 79.9. The normalized spacial score (nSPS) is 10.6. The summed E-state index contributed by atoms with van der Waals surface area (Å²) in [6.07, 6.45) is -1.07. The lowest BCUT2D eigenvalue weighted by molar-refractivity contribution is 0.110. The molecule has 0 bridgehead atoms. The topological polar surface area (TPSA) is 30.0 Å². The maximum atomic E-state index is 12.4. The average Bonchev–Trinajstić information content (AvgIpc) is 2.16. The number of halogens is 4. The largest absolute Gasteiger partial charge is 0.298 e. The van der Waals surface area contributed by atoms with Crippen LogP contribution in [0.25, 0.3) is 0 Å². The first-order valence-electron chi connectivity index (χ1n) is 3.58. The molecule has 1 aromatic rings. The van der Waals surface area contributed by atoms with Gasteiger partial charge in [-0.2, -0.15) is 0 Å². The lowest BCUT2D eigenvalue weighted by Crippen LogP contribution is -2.02. The van der Waals surface area contributed by atoms with Crippen molar-refractivity contribution in [2.75, 3.05) is 0 Å². The van der Waals surface area contributed by atoms with E-state index in [1.54, 1.807) is 0 Å². The lowest BCUT2D eigenvalue weighted by Gasteiger charge is -2.08. The number of aldehydes is 1. The van der Waals surface area contributed by atoms with Crippen LogP contribution < -0.4 is 0 Å². The van der Waals surface area contributed by atoms with Crippen molar-refractivity contribution in [3.63, 3.8) is 0 Å². The third-order valence-corrected chi connectivity index (χ3v) is 2.91. The van der Waals surface area contributed by atoms with E-state index in [0.29, 0.717) is 21.7 Å². The van der Waals surface area contributed by atoms with Gasteiger partial charge in [0.25, 0.3) is 6.43 Å². The van der Waals surface area contributed by atoms with Crippen molar-refractivity contribution < 1.29 is 13.6 Å². The fraction of sp³-hybridized carbons (Fsp3) is 0.250. The van der Waals surface area contributed by atoms with Crippen LogP contribution in [-0.4, -0.2) is 11.3 Å². The van der Waals surface area contributed by atoms with E-state index in [-0.39, 0.29) is 5.56 Å². The lowest BCUT2D eigenvalue weighted by atomic mass is 10.1. The van der Waals surface area contributed by atoms with E-state index in [9.17, 15) is 13.6 Å². The van der Waals surface area contributed by atoms with Crippen LogP contribution in [0.2, 0.25) is 0 Å². The summed E-state index contributed by atoms with van der Waals surface area (Å²) in [4.78, 5) is 14.2. The molecule has 76 valence electrons. The Labute approximate surface area is 96.0 Å². The number of carbonyl (C=O) groups is 1. The predicted octanol–water partition coefficient (Wildman–Crippen LogP) is 3.49. The molecule has 1 rings (SSSR count). The molecule has 14 heavy (non-hydrogen) atoms. The zero-order valence-corrected chi connectivity index (χ0v) is 9.98. The maximum Gasteiger partial charge on any atom is 0.281 e. The molecule has 1 aromatic heterocycles. The number of carbonyl (C=O) groups excluding carboxylic acids is 1. The van der Waals surface area contributed by atoms with Crippen LogP contribution in [0.1, 0.15) is 28.0 Å². The van der Waals surface area contributed by atoms with Gasteiger partial charge in [0.2, 0.25) is 0 Å². The van der Waals surface area contributed by atoms with Crippen LogP contribution in [0.4, 0.5) is 8.78 Å². The van der Waals surface area contributed by atoms with E-state index in [1.165, 1.54) is 6.20 Å². The molecule has 0 amide bonds. The molecule has 0 atom stereocenters. The Hall–Kier alpha value is -0.360. The Kier molecular flexibility index (Phi) is 4.12. The van der Waals surface area contributed by atoms with E-state index in [0.717, 1.165) is 0 Å². The molecule has 1 heterocycles. The summed E-state index contributed by atoms with van der Waals surface area (Å²) in [7, 11) is 0. The average molecular weight is 329 g/mol. The monoisotopic (exact) mass is 327 g/mol. The van der Waals surface area contributed by atoms with E-state index in [2.05, 4.69) is 36.8 Å². The molecular formula is C8H5Br2F2NO. The quantitative estimate of drug-likeness (QED) is 0.628. The van der Waals surface area contributed by atoms with E-state index < -0.39 is 12.1 Å². The minimum absolute atomic E-state index is 0.0498. The molecule has 0 spiro atoms. The summed E-state index contributed by atoms with van der Waals surface area (Å²) in [5.74, 6) is 0. The van der Waals surface area contributed by atoms with Crippen molar-refractivity contribution in [2.24, 2.45) is 0 Å². The number of alkyl halides is 3. The van der Waals surface area contributed by atoms with Crippen LogP contribution in [0.3, 0.4) is 0 Å². The Balaban J connectivity index is 3.40. The van der Waals surface area contributed by atoms with Crippen molar-refractivity contribution in [1.82, 2.24) is 4.98 Å². The van der Waals surface area contributed by atoms with Crippen molar-refractivity contribution in [2.45, 2.75) is 11.8 Å². The van der Waals surface area contributed by atoms with Crippen LogP contribution >= 0.6 is 31.9 Å². The number of nitrogens with zero attached hydrogens (tertiary/aromatic N) is 1. The van der Waals surface area contributed by atoms with Crippen LogP contribution in [0.5, 0.6) is 0 Å². The third-order valence-electron chi connectivity index (χ3n) is 1.66. The molecule has 0 saturated heterocycles. The number of aromatic nitrogens is 1. The fourth-order valence-corrected chi connectivity index (χ4v) is 2.43. The number of hydrogen-bond donors (Lipinski definition) is 0. The fourth-order valence-electron chi connectivity index (χ4n) is 0.998. The summed E-state index contributed by atoms with van der Waals surface area (Å²) < 4.78 is 25.4. The van der Waals surface area contributed by atoms with Crippen LogP contribution in [0.15, 0.2) is 10.7 Å². The molecular weight excluding hydrogens is 324 g/mol. The van der Waals surface area contributed by atoms with Crippen molar-refractivity contribution in [3.05, 3.63) is 27.5 Å². The minimum Gasteiger partial charge on any atom is -0.298 e. The Morgan fingerprint density at radius 3 is 2.64 bits per heavy atom. The van der Waals surface area contributed by atoms with Crippen molar-refractivity contribution >= 4 is 38.1 Å². The number of hydrogen-bond acceptors (Lipinski definition) is 2. The Bertz CT molecular complexity index is 357. The van der Waals surface area contributed by atoms with E-state index in [1.807, 2.05) is 0 Å². The summed E-state index contributed by atoms with van der Waals surface area (Å²) in [6, 6.07) is 0. The van der Waals surface area contributed by atoms with Crippen LogP contribution in [0, 0.1) is 0 Å². The molecule has 0 radical (unpaired) electrons. The zero-order valence-electron chi connectivity index (χ0n) is 6.81. The number of rotatable bonds is 3. The van der Waals surface area contributed by atoms with Crippen molar-refractivity contribution in [1.29, 1.82) is 0 Å². The zero-order chi connectivity index (χ0) is 10.7. The first-order valence-corrected chi connectivity index (χ1v) is 5.49. The van der Waals surface area contributed by atoms with Gasteiger partial charge in [-0.05, 0) is 21.5 Å². The van der Waals surface area contributed by atoms with Gasteiger partial charge < -0.3 is 0 Å². The van der Waals surface area contributed by atoms with Gasteiger partial charge in [0, 0.05) is 21.6 Å². The Morgan fingerprint density at radius 2 is 2.21 bits per heavy atom. The number of pyridine rings is 1. The summed E-state index contributed by atoms with van der Waals surface area (Å²) in [5, 5.41) is 0.323. The second-order valence-electron chi connectivity index (χ2n) is 2.44. The minimum atomic E-state index is -2.74. The van der Waals surface area contributed by atoms with Gasteiger partial charge in [0.1, 0.15) is 5.69 Å².